The van der Waals surface area contributed by atoms with E-state index in [9.17, 15) is 18.3 Å². The maximum absolute atomic E-state index is 15.0. The van der Waals surface area contributed by atoms with Crippen molar-refractivity contribution in [2.24, 2.45) is 5.92 Å². The Morgan fingerprint density at radius 1 is 0.789 bits per heavy atom. The van der Waals surface area contributed by atoms with Crippen molar-refractivity contribution in [1.82, 2.24) is 0 Å². The fourth-order valence-corrected chi connectivity index (χ4v) is 5.85. The third kappa shape index (κ3) is 5.67. The van der Waals surface area contributed by atoms with Crippen molar-refractivity contribution in [3.8, 4) is 11.1 Å². The van der Waals surface area contributed by atoms with Gasteiger partial charge in [-0.15, -0.1) is 0 Å². The molecule has 1 aliphatic heterocycles. The molecule has 3 aromatic carbocycles. The Labute approximate surface area is 221 Å². The van der Waals surface area contributed by atoms with Crippen LogP contribution in [0.3, 0.4) is 0 Å². The molecule has 0 spiro atoms. The second-order valence-electron chi connectivity index (χ2n) is 10.8. The van der Waals surface area contributed by atoms with Gasteiger partial charge < -0.3 is 9.84 Å². The van der Waals surface area contributed by atoms with Gasteiger partial charge in [0, 0.05) is 11.1 Å². The van der Waals surface area contributed by atoms with Crippen LogP contribution in [0, 0.1) is 29.2 Å². The van der Waals surface area contributed by atoms with Gasteiger partial charge >= 0.3 is 0 Å². The number of ether oxygens (including phenoxy) is 1. The summed E-state index contributed by atoms with van der Waals surface area (Å²) in [5, 5.41) is 10.3. The summed E-state index contributed by atoms with van der Waals surface area (Å²) in [5.74, 6) is -3.09. The Kier molecular flexibility index (Phi) is 8.20. The summed E-state index contributed by atoms with van der Waals surface area (Å²) in [7, 11) is 0. The third-order valence-corrected chi connectivity index (χ3v) is 8.27. The summed E-state index contributed by atoms with van der Waals surface area (Å²) in [6, 6.07) is 13.6. The fraction of sp³-hybridized carbons (Fsp3) is 0.438. The van der Waals surface area contributed by atoms with E-state index in [1.165, 1.54) is 0 Å². The van der Waals surface area contributed by atoms with Crippen LogP contribution >= 0.6 is 0 Å². The number of rotatable bonds is 9. The van der Waals surface area contributed by atoms with Crippen LogP contribution in [0.5, 0.6) is 0 Å². The molecular formula is C32H34F4O2. The van der Waals surface area contributed by atoms with Crippen molar-refractivity contribution in [1.29, 1.82) is 0 Å². The molecule has 0 amide bonds. The Morgan fingerprint density at radius 2 is 1.45 bits per heavy atom. The number of aliphatic hydroxyl groups is 1. The molecule has 1 saturated carbocycles. The van der Waals surface area contributed by atoms with Crippen molar-refractivity contribution in [3.63, 3.8) is 0 Å². The van der Waals surface area contributed by atoms with Gasteiger partial charge in [-0.3, -0.25) is 0 Å². The number of benzene rings is 3. The van der Waals surface area contributed by atoms with E-state index in [1.54, 1.807) is 48.5 Å². The molecule has 2 unspecified atom stereocenters. The SMILES string of the molecule is CCCC(O)C1CCC(c2ccc(CCc3ccc(-c4ccc(C5CO5)c(F)c4F)cc3)c(F)c2F)CC1. The maximum Gasteiger partial charge on any atom is 0.167 e. The topological polar surface area (TPSA) is 32.8 Å². The van der Waals surface area contributed by atoms with Crippen LogP contribution in [-0.2, 0) is 17.6 Å². The highest BCUT2D eigenvalue weighted by atomic mass is 19.2. The lowest BCUT2D eigenvalue weighted by atomic mass is 9.75. The molecule has 2 atom stereocenters. The van der Waals surface area contributed by atoms with Gasteiger partial charge in [0.15, 0.2) is 23.3 Å². The van der Waals surface area contributed by atoms with Crippen LogP contribution in [0.15, 0.2) is 48.5 Å². The minimum atomic E-state index is -0.894. The molecule has 1 aliphatic carbocycles. The number of hydrogen-bond acceptors (Lipinski definition) is 2. The quantitative estimate of drug-likeness (QED) is 0.225. The highest BCUT2D eigenvalue weighted by Crippen LogP contribution is 2.40. The first kappa shape index (κ1) is 26.9. The Bertz CT molecular complexity index is 1260. The summed E-state index contributed by atoms with van der Waals surface area (Å²) in [5.41, 5.74) is 2.62. The first-order chi connectivity index (χ1) is 18.4. The first-order valence-corrected chi connectivity index (χ1v) is 13.7. The van der Waals surface area contributed by atoms with Crippen molar-refractivity contribution in [2.45, 2.75) is 76.4 Å². The van der Waals surface area contributed by atoms with Crippen LogP contribution in [0.4, 0.5) is 17.6 Å². The predicted molar refractivity (Wildman–Crippen MR) is 140 cm³/mol. The van der Waals surface area contributed by atoms with Crippen LogP contribution in [0.25, 0.3) is 11.1 Å². The molecule has 1 saturated heterocycles. The van der Waals surface area contributed by atoms with E-state index in [0.29, 0.717) is 36.1 Å². The Hall–Kier alpha value is -2.70. The molecule has 3 aromatic rings. The predicted octanol–water partition coefficient (Wildman–Crippen LogP) is 8.20. The zero-order valence-corrected chi connectivity index (χ0v) is 21.7. The molecule has 6 heteroatoms. The van der Waals surface area contributed by atoms with Crippen LogP contribution in [-0.4, -0.2) is 17.8 Å². The molecule has 5 rings (SSSR count). The summed E-state index contributed by atoms with van der Waals surface area (Å²) in [4.78, 5) is 0. The molecule has 2 fully saturated rings. The lowest BCUT2D eigenvalue weighted by Crippen LogP contribution is -2.25. The van der Waals surface area contributed by atoms with E-state index in [0.717, 1.165) is 44.1 Å². The highest BCUT2D eigenvalue weighted by molar-refractivity contribution is 5.65. The molecule has 0 bridgehead atoms. The lowest BCUT2D eigenvalue weighted by Gasteiger charge is -2.32. The van der Waals surface area contributed by atoms with Crippen LogP contribution < -0.4 is 0 Å². The standard InChI is InChI=1S/C32H34F4O2/c1-2-3-27(37)22-12-10-21(11-13-22)24-15-14-23(29(33)30(24)34)9-6-19-4-7-20(8-5-19)25-16-17-26(28-18-38-28)32(36)31(25)35/h4-5,7-8,14-17,21-22,27-28,37H,2-3,6,9-13,18H2,1H3. The average molecular weight is 527 g/mol. The molecule has 1 heterocycles. The third-order valence-electron chi connectivity index (χ3n) is 8.27. The zero-order chi connectivity index (χ0) is 26.8. The number of aliphatic hydroxyl groups excluding tert-OH is 1. The average Bonchev–Trinajstić information content (AvgIpc) is 3.77. The second kappa shape index (κ2) is 11.6. The van der Waals surface area contributed by atoms with Crippen molar-refractivity contribution in [3.05, 3.63) is 94.1 Å². The Balaban J connectivity index is 1.21. The maximum atomic E-state index is 15.0. The van der Waals surface area contributed by atoms with Crippen LogP contribution in [0.2, 0.25) is 0 Å². The minimum Gasteiger partial charge on any atom is -0.393 e. The molecule has 2 nitrogen and oxygen atoms in total. The van der Waals surface area contributed by atoms with Gasteiger partial charge in [-0.1, -0.05) is 61.9 Å². The number of hydrogen-bond donors (Lipinski definition) is 1. The molecule has 0 aromatic heterocycles. The van der Waals surface area contributed by atoms with Gasteiger partial charge in [-0.05, 0) is 79.0 Å². The number of aryl methyl sites for hydroxylation is 2. The molecule has 202 valence electrons. The normalized spacial score (nSPS) is 21.9. The second-order valence-corrected chi connectivity index (χ2v) is 10.8. The van der Waals surface area contributed by atoms with E-state index in [2.05, 4.69) is 6.92 Å². The summed E-state index contributed by atoms with van der Waals surface area (Å²) in [6.45, 7) is 2.46. The summed E-state index contributed by atoms with van der Waals surface area (Å²) < 4.78 is 64.1. The lowest BCUT2D eigenvalue weighted by molar-refractivity contribution is 0.0727. The zero-order valence-electron chi connectivity index (χ0n) is 21.7. The minimum absolute atomic E-state index is 0.0210. The summed E-state index contributed by atoms with van der Waals surface area (Å²) >= 11 is 0. The molecule has 1 N–H and O–H groups in total. The van der Waals surface area contributed by atoms with Crippen molar-refractivity contribution < 1.29 is 27.4 Å². The number of epoxide rings is 1. The molecule has 38 heavy (non-hydrogen) atoms. The Morgan fingerprint density at radius 3 is 2.11 bits per heavy atom. The van der Waals surface area contributed by atoms with E-state index < -0.39 is 23.3 Å². The highest BCUT2D eigenvalue weighted by Gasteiger charge is 2.31. The molecule has 2 aliphatic rings. The fourth-order valence-electron chi connectivity index (χ4n) is 5.85. The van der Waals surface area contributed by atoms with Crippen molar-refractivity contribution in [2.75, 3.05) is 6.61 Å². The van der Waals surface area contributed by atoms with E-state index >= 15 is 4.39 Å². The summed E-state index contributed by atoms with van der Waals surface area (Å²) in [6.07, 6.45) is 5.07. The van der Waals surface area contributed by atoms with E-state index in [1.807, 2.05) is 0 Å². The molecular weight excluding hydrogens is 492 g/mol. The van der Waals surface area contributed by atoms with Gasteiger partial charge in [0.2, 0.25) is 0 Å². The van der Waals surface area contributed by atoms with Gasteiger partial charge in [0.1, 0.15) is 6.10 Å². The smallest absolute Gasteiger partial charge is 0.167 e. The van der Waals surface area contributed by atoms with Crippen molar-refractivity contribution >= 4 is 0 Å². The van der Waals surface area contributed by atoms with Crippen LogP contribution in [0.1, 0.15) is 79.7 Å². The van der Waals surface area contributed by atoms with E-state index in [4.69, 9.17) is 4.74 Å². The van der Waals surface area contributed by atoms with Gasteiger partial charge in [-0.2, -0.15) is 0 Å². The first-order valence-electron chi connectivity index (χ1n) is 13.7. The monoisotopic (exact) mass is 526 g/mol. The largest absolute Gasteiger partial charge is 0.393 e. The van der Waals surface area contributed by atoms with Gasteiger partial charge in [0.05, 0.1) is 12.7 Å². The number of halogens is 4. The van der Waals surface area contributed by atoms with Gasteiger partial charge in [0.25, 0.3) is 0 Å². The molecule has 0 radical (unpaired) electrons. The van der Waals surface area contributed by atoms with Gasteiger partial charge in [-0.25, -0.2) is 17.6 Å². The van der Waals surface area contributed by atoms with E-state index in [-0.39, 0.29) is 35.2 Å².